The van der Waals surface area contributed by atoms with Gasteiger partial charge in [-0.05, 0) is 32.9 Å². The Morgan fingerprint density at radius 1 is 1.33 bits per heavy atom. The Bertz CT molecular complexity index is 360. The van der Waals surface area contributed by atoms with Crippen LogP contribution < -0.4 is 10.2 Å². The summed E-state index contributed by atoms with van der Waals surface area (Å²) in [5.74, 6) is 0.986. The molecule has 1 aromatic heterocycles. The highest BCUT2D eigenvalue weighted by molar-refractivity contribution is 5.38. The molecule has 1 rings (SSSR count). The number of likely N-dealkylation sites (N-methyl/N-ethyl adjacent to an activating group) is 1. The number of nitrogens with zero attached hydrogens (tertiary/aromatic N) is 2. The molecule has 4 heteroatoms. The largest absolute Gasteiger partial charge is 0.383 e. The fraction of sp³-hybridized carbons (Fsp3) is 0.643. The van der Waals surface area contributed by atoms with E-state index < -0.39 is 0 Å². The summed E-state index contributed by atoms with van der Waals surface area (Å²) in [4.78, 5) is 6.74. The van der Waals surface area contributed by atoms with Gasteiger partial charge in [0.15, 0.2) is 0 Å². The summed E-state index contributed by atoms with van der Waals surface area (Å²) in [6, 6.07) is 6.12. The average Bonchev–Trinajstić information content (AvgIpc) is 2.33. The summed E-state index contributed by atoms with van der Waals surface area (Å²) in [7, 11) is 3.74. The lowest BCUT2D eigenvalue weighted by atomic mass is 10.1. The molecule has 0 aliphatic carbocycles. The van der Waals surface area contributed by atoms with Crippen LogP contribution in [-0.4, -0.2) is 37.8 Å². The predicted molar refractivity (Wildman–Crippen MR) is 76.0 cm³/mol. The van der Waals surface area contributed by atoms with Crippen molar-refractivity contribution in [2.24, 2.45) is 0 Å². The zero-order valence-corrected chi connectivity index (χ0v) is 12.2. The maximum atomic E-state index is 5.07. The number of hydrogen-bond acceptors (Lipinski definition) is 4. The van der Waals surface area contributed by atoms with Crippen molar-refractivity contribution in [3.05, 3.63) is 23.9 Å². The maximum absolute atomic E-state index is 5.07. The average molecular weight is 251 g/mol. The Balaban J connectivity index is 2.61. The van der Waals surface area contributed by atoms with E-state index in [1.165, 1.54) is 0 Å². The van der Waals surface area contributed by atoms with Crippen molar-refractivity contribution in [2.45, 2.75) is 32.9 Å². The Morgan fingerprint density at radius 2 is 2.06 bits per heavy atom. The predicted octanol–water partition coefficient (Wildman–Crippen LogP) is 2.05. The molecule has 0 bridgehead atoms. The minimum atomic E-state index is 0.111. The van der Waals surface area contributed by atoms with Crippen LogP contribution in [0.2, 0.25) is 0 Å². The van der Waals surface area contributed by atoms with Crippen molar-refractivity contribution in [3.63, 3.8) is 0 Å². The third-order valence-corrected chi connectivity index (χ3v) is 2.61. The molecule has 0 aromatic carbocycles. The molecule has 0 unspecified atom stereocenters. The van der Waals surface area contributed by atoms with E-state index in [2.05, 4.69) is 36.0 Å². The minimum absolute atomic E-state index is 0.111. The molecule has 0 saturated heterocycles. The van der Waals surface area contributed by atoms with Crippen LogP contribution in [-0.2, 0) is 11.3 Å². The van der Waals surface area contributed by atoms with E-state index in [4.69, 9.17) is 4.74 Å². The lowest BCUT2D eigenvalue weighted by Crippen LogP contribution is -2.35. The summed E-state index contributed by atoms with van der Waals surface area (Å²) < 4.78 is 5.07. The second-order valence-electron chi connectivity index (χ2n) is 5.51. The minimum Gasteiger partial charge on any atom is -0.383 e. The molecule has 0 aliphatic heterocycles. The Morgan fingerprint density at radius 3 is 2.67 bits per heavy atom. The molecule has 0 fully saturated rings. The van der Waals surface area contributed by atoms with Crippen molar-refractivity contribution in [2.75, 3.05) is 32.2 Å². The highest BCUT2D eigenvalue weighted by Crippen LogP contribution is 2.10. The molecule has 4 nitrogen and oxygen atoms in total. The van der Waals surface area contributed by atoms with E-state index in [1.807, 2.05) is 25.2 Å². The summed E-state index contributed by atoms with van der Waals surface area (Å²) in [5.41, 5.74) is 1.17. The van der Waals surface area contributed by atoms with Crippen molar-refractivity contribution in [1.82, 2.24) is 10.3 Å². The van der Waals surface area contributed by atoms with E-state index in [9.17, 15) is 0 Å². The first-order chi connectivity index (χ1) is 8.42. The van der Waals surface area contributed by atoms with E-state index in [0.717, 1.165) is 24.6 Å². The number of aromatic nitrogens is 1. The van der Waals surface area contributed by atoms with E-state index in [1.54, 1.807) is 7.11 Å². The highest BCUT2D eigenvalue weighted by Gasteiger charge is 2.09. The molecule has 0 aliphatic rings. The molecular weight excluding hydrogens is 226 g/mol. The fourth-order valence-corrected chi connectivity index (χ4v) is 1.48. The third-order valence-electron chi connectivity index (χ3n) is 2.61. The molecule has 18 heavy (non-hydrogen) atoms. The van der Waals surface area contributed by atoms with Gasteiger partial charge in [-0.15, -0.1) is 0 Å². The number of methoxy groups -OCH3 is 1. The summed E-state index contributed by atoms with van der Waals surface area (Å²) in [5, 5.41) is 3.44. The first-order valence-electron chi connectivity index (χ1n) is 6.33. The third kappa shape index (κ3) is 5.47. The van der Waals surface area contributed by atoms with Crippen LogP contribution in [0, 0.1) is 0 Å². The number of anilines is 1. The van der Waals surface area contributed by atoms with Gasteiger partial charge in [0.2, 0.25) is 0 Å². The van der Waals surface area contributed by atoms with Crippen molar-refractivity contribution in [1.29, 1.82) is 0 Å². The zero-order valence-electron chi connectivity index (χ0n) is 12.2. The van der Waals surface area contributed by atoms with Crippen molar-refractivity contribution in [3.8, 4) is 0 Å². The topological polar surface area (TPSA) is 37.4 Å². The van der Waals surface area contributed by atoms with Crippen LogP contribution in [0.4, 0.5) is 5.82 Å². The lowest BCUT2D eigenvalue weighted by Gasteiger charge is -2.21. The van der Waals surface area contributed by atoms with Crippen molar-refractivity contribution < 1.29 is 4.74 Å². The Kier molecular flexibility index (Phi) is 5.56. The summed E-state index contributed by atoms with van der Waals surface area (Å²) in [6.07, 6.45) is 0. The molecule has 0 saturated carbocycles. The normalized spacial score (nSPS) is 11.6. The monoisotopic (exact) mass is 251 g/mol. The van der Waals surface area contributed by atoms with Gasteiger partial charge in [0.1, 0.15) is 5.82 Å². The van der Waals surface area contributed by atoms with Gasteiger partial charge >= 0.3 is 0 Å². The van der Waals surface area contributed by atoms with Gasteiger partial charge in [0.25, 0.3) is 0 Å². The standard InChI is InChI=1S/C14H25N3O/c1-14(2,3)15-11-12-7-6-8-13(16-12)17(4)9-10-18-5/h6-8,15H,9-11H2,1-5H3. The van der Waals surface area contributed by atoms with Crippen LogP contribution in [0.25, 0.3) is 0 Å². The molecule has 0 radical (unpaired) electrons. The molecule has 1 N–H and O–H groups in total. The number of nitrogens with one attached hydrogen (secondary N) is 1. The first kappa shape index (κ1) is 14.9. The molecule has 0 amide bonds. The Labute approximate surface area is 110 Å². The molecule has 1 heterocycles. The van der Waals surface area contributed by atoms with Gasteiger partial charge in [-0.1, -0.05) is 6.07 Å². The number of hydrogen-bond donors (Lipinski definition) is 1. The first-order valence-corrected chi connectivity index (χ1v) is 6.33. The molecular formula is C14H25N3O. The molecule has 0 atom stereocenters. The van der Waals surface area contributed by atoms with E-state index >= 15 is 0 Å². The van der Waals surface area contributed by atoms with Gasteiger partial charge in [0.05, 0.1) is 12.3 Å². The number of ether oxygens (including phenoxy) is 1. The summed E-state index contributed by atoms with van der Waals surface area (Å²) >= 11 is 0. The van der Waals surface area contributed by atoms with Crippen LogP contribution in [0.15, 0.2) is 18.2 Å². The molecule has 102 valence electrons. The van der Waals surface area contributed by atoms with Crippen LogP contribution in [0.1, 0.15) is 26.5 Å². The van der Waals surface area contributed by atoms with E-state index in [-0.39, 0.29) is 5.54 Å². The quantitative estimate of drug-likeness (QED) is 0.839. The van der Waals surface area contributed by atoms with Gasteiger partial charge in [0, 0.05) is 32.8 Å². The second-order valence-corrected chi connectivity index (χ2v) is 5.51. The van der Waals surface area contributed by atoms with Gasteiger partial charge < -0.3 is 15.0 Å². The van der Waals surface area contributed by atoms with Gasteiger partial charge in [-0.2, -0.15) is 0 Å². The maximum Gasteiger partial charge on any atom is 0.128 e. The van der Waals surface area contributed by atoms with Crippen LogP contribution >= 0.6 is 0 Å². The van der Waals surface area contributed by atoms with Crippen LogP contribution in [0.3, 0.4) is 0 Å². The van der Waals surface area contributed by atoms with Gasteiger partial charge in [-0.25, -0.2) is 4.98 Å². The molecule has 1 aromatic rings. The SMILES string of the molecule is COCCN(C)c1cccc(CNC(C)(C)C)n1. The smallest absolute Gasteiger partial charge is 0.128 e. The fourth-order valence-electron chi connectivity index (χ4n) is 1.48. The number of rotatable bonds is 6. The second kappa shape index (κ2) is 6.71. The van der Waals surface area contributed by atoms with Crippen molar-refractivity contribution >= 4 is 5.82 Å². The van der Waals surface area contributed by atoms with Gasteiger partial charge in [-0.3, -0.25) is 0 Å². The van der Waals surface area contributed by atoms with Crippen LogP contribution in [0.5, 0.6) is 0 Å². The zero-order chi connectivity index (χ0) is 13.6. The molecule has 0 spiro atoms. The Hall–Kier alpha value is -1.13. The number of pyridine rings is 1. The lowest BCUT2D eigenvalue weighted by molar-refractivity contribution is 0.206. The summed E-state index contributed by atoms with van der Waals surface area (Å²) in [6.45, 7) is 8.81. The highest BCUT2D eigenvalue weighted by atomic mass is 16.5. The van der Waals surface area contributed by atoms with E-state index in [0.29, 0.717) is 6.61 Å².